The van der Waals surface area contributed by atoms with Crippen LogP contribution in [0.25, 0.3) is 0 Å². The number of carbonyl (C=O) groups excluding carboxylic acids is 1. The lowest BCUT2D eigenvalue weighted by Gasteiger charge is -2.16. The Hall–Kier alpha value is -3.30. The van der Waals surface area contributed by atoms with Gasteiger partial charge in [-0.2, -0.15) is 0 Å². The number of amides is 1. The molecule has 0 aliphatic rings. The van der Waals surface area contributed by atoms with Crippen molar-refractivity contribution < 1.29 is 29.0 Å². The fraction of sp³-hybridized carbons (Fsp3) is 0.214. The van der Waals surface area contributed by atoms with Gasteiger partial charge in [-0.15, -0.1) is 5.10 Å². The minimum atomic E-state index is -1.56. The van der Waals surface area contributed by atoms with Gasteiger partial charge in [-0.05, 0) is 30.7 Å². The predicted octanol–water partition coefficient (Wildman–Crippen LogP) is 1.40. The Bertz CT molecular complexity index is 787. The van der Waals surface area contributed by atoms with E-state index in [-0.39, 0.29) is 6.42 Å². The number of rotatable bonds is 6. The standard InChI is InChI=1S/C14H13FN4O5/c1-2-9(12(20)16-8-5-3-7(15)4-6-8)19-11(14(23)24)10(13(21)22)17-18-19/h3-6,9H,2H2,1H3,(H,16,20)(H,21,22)(H,23,24)/t9-/m0/s1. The minimum absolute atomic E-state index is 0.135. The van der Waals surface area contributed by atoms with Gasteiger partial charge in [0.2, 0.25) is 11.6 Å². The zero-order chi connectivity index (χ0) is 17.9. The Morgan fingerprint density at radius 2 is 1.83 bits per heavy atom. The normalized spacial score (nSPS) is 11.8. The Morgan fingerprint density at radius 3 is 2.33 bits per heavy atom. The summed E-state index contributed by atoms with van der Waals surface area (Å²) in [5, 5.41) is 27.4. The molecule has 9 nitrogen and oxygen atoms in total. The first-order chi connectivity index (χ1) is 11.3. The number of halogens is 1. The van der Waals surface area contributed by atoms with Crippen LogP contribution in [-0.4, -0.2) is 43.1 Å². The summed E-state index contributed by atoms with van der Waals surface area (Å²) < 4.78 is 13.6. The van der Waals surface area contributed by atoms with E-state index in [0.29, 0.717) is 5.69 Å². The number of nitrogens with zero attached hydrogens (tertiary/aromatic N) is 3. The molecule has 1 aromatic heterocycles. The smallest absolute Gasteiger partial charge is 0.359 e. The van der Waals surface area contributed by atoms with Gasteiger partial charge in [0.25, 0.3) is 0 Å². The summed E-state index contributed by atoms with van der Waals surface area (Å²) in [6.07, 6.45) is 0.135. The molecule has 0 bridgehead atoms. The second-order valence-electron chi connectivity index (χ2n) is 4.76. The SMILES string of the molecule is CC[C@@H](C(=O)Nc1ccc(F)cc1)n1nnc(C(=O)O)c1C(=O)O. The average Bonchev–Trinajstić information content (AvgIpc) is 2.95. The monoisotopic (exact) mass is 336 g/mol. The molecule has 2 aromatic rings. The quantitative estimate of drug-likeness (QED) is 0.725. The van der Waals surface area contributed by atoms with E-state index < -0.39 is 41.1 Å². The van der Waals surface area contributed by atoms with Crippen molar-refractivity contribution in [2.45, 2.75) is 19.4 Å². The summed E-state index contributed by atoms with van der Waals surface area (Å²) >= 11 is 0. The average molecular weight is 336 g/mol. The van der Waals surface area contributed by atoms with Gasteiger partial charge in [0.1, 0.15) is 11.9 Å². The van der Waals surface area contributed by atoms with Crippen LogP contribution < -0.4 is 5.32 Å². The highest BCUT2D eigenvalue weighted by Crippen LogP contribution is 2.19. The number of aromatic carboxylic acids is 2. The van der Waals surface area contributed by atoms with Gasteiger partial charge >= 0.3 is 11.9 Å². The first-order valence-electron chi connectivity index (χ1n) is 6.83. The van der Waals surface area contributed by atoms with E-state index in [9.17, 15) is 23.9 Å². The van der Waals surface area contributed by atoms with Gasteiger partial charge in [0.15, 0.2) is 5.69 Å². The molecule has 1 aromatic carbocycles. The van der Waals surface area contributed by atoms with Crippen molar-refractivity contribution in [3.63, 3.8) is 0 Å². The maximum Gasteiger partial charge on any atom is 0.359 e. The van der Waals surface area contributed by atoms with Gasteiger partial charge < -0.3 is 15.5 Å². The number of hydrogen-bond donors (Lipinski definition) is 3. The Morgan fingerprint density at radius 1 is 1.21 bits per heavy atom. The van der Waals surface area contributed by atoms with Crippen molar-refractivity contribution in [2.24, 2.45) is 0 Å². The van der Waals surface area contributed by atoms with Crippen molar-refractivity contribution >= 4 is 23.5 Å². The van der Waals surface area contributed by atoms with E-state index in [0.717, 1.165) is 16.8 Å². The van der Waals surface area contributed by atoms with Gasteiger partial charge in [-0.3, -0.25) is 4.79 Å². The topological polar surface area (TPSA) is 134 Å². The van der Waals surface area contributed by atoms with Crippen LogP contribution in [-0.2, 0) is 4.79 Å². The molecule has 1 heterocycles. The first-order valence-corrected chi connectivity index (χ1v) is 6.83. The number of hydrogen-bond acceptors (Lipinski definition) is 5. The van der Waals surface area contributed by atoms with Crippen molar-refractivity contribution in [3.8, 4) is 0 Å². The van der Waals surface area contributed by atoms with Crippen molar-refractivity contribution in [1.82, 2.24) is 15.0 Å². The van der Waals surface area contributed by atoms with Crippen LogP contribution in [0, 0.1) is 5.82 Å². The number of carboxylic acid groups (broad SMARTS) is 2. The van der Waals surface area contributed by atoms with E-state index in [4.69, 9.17) is 5.11 Å². The lowest BCUT2D eigenvalue weighted by atomic mass is 10.2. The van der Waals surface area contributed by atoms with E-state index in [1.54, 1.807) is 6.92 Å². The Balaban J connectivity index is 2.34. The van der Waals surface area contributed by atoms with Crippen molar-refractivity contribution in [1.29, 1.82) is 0 Å². The van der Waals surface area contributed by atoms with Crippen molar-refractivity contribution in [3.05, 3.63) is 41.5 Å². The number of anilines is 1. The maximum atomic E-state index is 12.9. The van der Waals surface area contributed by atoms with Crippen molar-refractivity contribution in [2.75, 3.05) is 5.32 Å². The highest BCUT2D eigenvalue weighted by atomic mass is 19.1. The molecule has 0 aliphatic carbocycles. The second-order valence-corrected chi connectivity index (χ2v) is 4.76. The predicted molar refractivity (Wildman–Crippen MR) is 78.3 cm³/mol. The van der Waals surface area contributed by atoms with E-state index in [2.05, 4.69) is 15.6 Å². The molecule has 24 heavy (non-hydrogen) atoms. The molecule has 1 amide bonds. The van der Waals surface area contributed by atoms with E-state index >= 15 is 0 Å². The number of carboxylic acids is 2. The van der Waals surface area contributed by atoms with Crippen LogP contribution in [0.5, 0.6) is 0 Å². The molecule has 0 radical (unpaired) electrons. The molecule has 0 fully saturated rings. The molecule has 126 valence electrons. The number of carbonyl (C=O) groups is 3. The van der Waals surface area contributed by atoms with Crippen LogP contribution in [0.1, 0.15) is 40.4 Å². The minimum Gasteiger partial charge on any atom is -0.476 e. The second kappa shape index (κ2) is 6.86. The molecule has 10 heteroatoms. The summed E-state index contributed by atoms with van der Waals surface area (Å²) in [4.78, 5) is 34.7. The molecule has 2 rings (SSSR count). The number of nitrogens with one attached hydrogen (secondary N) is 1. The van der Waals surface area contributed by atoms with Gasteiger partial charge in [-0.1, -0.05) is 12.1 Å². The highest BCUT2D eigenvalue weighted by Gasteiger charge is 2.31. The molecule has 0 aliphatic heterocycles. The number of benzene rings is 1. The Labute approximate surface area is 134 Å². The summed E-state index contributed by atoms with van der Waals surface area (Å²) in [5.74, 6) is -4.23. The summed E-state index contributed by atoms with van der Waals surface area (Å²) in [6, 6.07) is 3.88. The fourth-order valence-corrected chi connectivity index (χ4v) is 2.08. The molecule has 0 saturated heterocycles. The van der Waals surface area contributed by atoms with E-state index in [1.165, 1.54) is 12.1 Å². The summed E-state index contributed by atoms with van der Waals surface area (Å²) in [5.41, 5.74) is -1.14. The fourth-order valence-electron chi connectivity index (χ4n) is 2.08. The Kier molecular flexibility index (Phi) is 4.87. The molecule has 0 unspecified atom stereocenters. The third-order valence-corrected chi connectivity index (χ3v) is 3.20. The third kappa shape index (κ3) is 3.37. The van der Waals surface area contributed by atoms with Crippen LogP contribution in [0.2, 0.25) is 0 Å². The van der Waals surface area contributed by atoms with Crippen LogP contribution in [0.15, 0.2) is 24.3 Å². The zero-order valence-corrected chi connectivity index (χ0v) is 12.4. The molecular formula is C14H13FN4O5. The van der Waals surface area contributed by atoms with Gasteiger partial charge in [-0.25, -0.2) is 18.7 Å². The molecule has 3 N–H and O–H groups in total. The van der Waals surface area contributed by atoms with Crippen LogP contribution in [0.4, 0.5) is 10.1 Å². The zero-order valence-electron chi connectivity index (χ0n) is 12.4. The lowest BCUT2D eigenvalue weighted by molar-refractivity contribution is -0.119. The molecular weight excluding hydrogens is 323 g/mol. The van der Waals surface area contributed by atoms with Crippen LogP contribution >= 0.6 is 0 Å². The molecule has 0 saturated carbocycles. The summed E-state index contributed by atoms with van der Waals surface area (Å²) in [6.45, 7) is 1.60. The largest absolute Gasteiger partial charge is 0.476 e. The molecule has 0 spiro atoms. The van der Waals surface area contributed by atoms with Gasteiger partial charge in [0, 0.05) is 5.69 Å². The molecule has 1 atom stereocenters. The maximum absolute atomic E-state index is 12.9. The van der Waals surface area contributed by atoms with E-state index in [1.807, 2.05) is 0 Å². The lowest BCUT2D eigenvalue weighted by Crippen LogP contribution is -2.29. The van der Waals surface area contributed by atoms with Crippen LogP contribution in [0.3, 0.4) is 0 Å². The number of aromatic nitrogens is 3. The highest BCUT2D eigenvalue weighted by molar-refractivity contribution is 6.00. The first kappa shape index (κ1) is 17.1. The van der Waals surface area contributed by atoms with Gasteiger partial charge in [0.05, 0.1) is 0 Å². The third-order valence-electron chi connectivity index (χ3n) is 3.20. The summed E-state index contributed by atoms with van der Waals surface area (Å²) in [7, 11) is 0.